The van der Waals surface area contributed by atoms with Crippen LogP contribution in [0.1, 0.15) is 24.3 Å². The Morgan fingerprint density at radius 2 is 2.16 bits per heavy atom. The number of carboxylic acid groups (broad SMARTS) is 1. The molecule has 2 aromatic heterocycles. The maximum atomic E-state index is 10.6. The molecule has 2 fully saturated rings. The van der Waals surface area contributed by atoms with Crippen molar-refractivity contribution in [3.05, 3.63) is 41.0 Å². The number of fused-ring (bicyclic) bond motifs is 1. The van der Waals surface area contributed by atoms with Crippen LogP contribution in [0.3, 0.4) is 0 Å². The number of hydrogen-bond acceptors (Lipinski definition) is 7. The Morgan fingerprint density at radius 1 is 1.35 bits per heavy atom. The summed E-state index contributed by atoms with van der Waals surface area (Å²) >= 11 is 1.73. The minimum atomic E-state index is -5.08. The summed E-state index contributed by atoms with van der Waals surface area (Å²) in [6, 6.07) is 5.80. The molecule has 2 unspecified atom stereocenters. The fourth-order valence-corrected chi connectivity index (χ4v) is 4.56. The average Bonchev–Trinajstić information content (AvgIpc) is 3.26. The van der Waals surface area contributed by atoms with E-state index in [0.29, 0.717) is 18.6 Å². The Hall–Kier alpha value is -2.24. The van der Waals surface area contributed by atoms with E-state index in [0.717, 1.165) is 45.5 Å². The molecule has 2 aromatic rings. The van der Waals surface area contributed by atoms with Gasteiger partial charge in [-0.1, -0.05) is 6.07 Å². The van der Waals surface area contributed by atoms with E-state index < -0.39 is 12.1 Å². The molecule has 0 radical (unpaired) electrons. The number of likely N-dealkylation sites (tertiary alicyclic amines) is 1. The molecule has 0 amide bonds. The topological polar surface area (TPSA) is 84.8 Å². The second-order valence-corrected chi connectivity index (χ2v) is 8.49. The molecule has 0 bridgehead atoms. The van der Waals surface area contributed by atoms with Crippen molar-refractivity contribution >= 4 is 17.3 Å². The van der Waals surface area contributed by atoms with E-state index in [1.807, 2.05) is 29.8 Å². The molecule has 1 N–H and O–H groups in total. The van der Waals surface area contributed by atoms with Crippen LogP contribution in [0.15, 0.2) is 36.0 Å². The molecule has 4 heterocycles. The standard InChI is InChI=1S/C18H23N3O2S.C2HF3O2/c1-2-7-19-16(4-1)23-14-18-6-3-10-22-15(18)5-9-21(13-18)12-17-20-8-11-24-17;3-2(4,5)1(6)7/h1-2,4,7-8,11,15H,3,5-6,9-10,12-14H2;(H,6,7). The van der Waals surface area contributed by atoms with Crippen molar-refractivity contribution in [1.82, 2.24) is 14.9 Å². The van der Waals surface area contributed by atoms with Gasteiger partial charge in [0.05, 0.1) is 19.3 Å². The van der Waals surface area contributed by atoms with Crippen molar-refractivity contribution in [2.45, 2.75) is 38.1 Å². The van der Waals surface area contributed by atoms with Gasteiger partial charge in [-0.05, 0) is 25.3 Å². The number of alkyl halides is 3. The monoisotopic (exact) mass is 459 g/mol. The summed E-state index contributed by atoms with van der Waals surface area (Å²) in [5.41, 5.74) is 0.0608. The zero-order valence-corrected chi connectivity index (χ0v) is 17.6. The number of hydrogen-bond donors (Lipinski definition) is 1. The van der Waals surface area contributed by atoms with Gasteiger partial charge < -0.3 is 14.6 Å². The summed E-state index contributed by atoms with van der Waals surface area (Å²) in [6.45, 7) is 4.54. The molecule has 11 heteroatoms. The quantitative estimate of drug-likeness (QED) is 0.731. The van der Waals surface area contributed by atoms with E-state index in [-0.39, 0.29) is 5.41 Å². The van der Waals surface area contributed by atoms with Gasteiger partial charge in [0, 0.05) is 49.0 Å². The molecular formula is C20H24F3N3O4S. The van der Waals surface area contributed by atoms with Crippen LogP contribution in [0.25, 0.3) is 0 Å². The number of aliphatic carboxylic acids is 1. The third-order valence-corrected chi connectivity index (χ3v) is 6.06. The lowest BCUT2D eigenvalue weighted by atomic mass is 9.73. The lowest BCUT2D eigenvalue weighted by molar-refractivity contribution is -0.192. The Morgan fingerprint density at radius 3 is 2.81 bits per heavy atom. The van der Waals surface area contributed by atoms with Crippen molar-refractivity contribution in [2.24, 2.45) is 5.41 Å². The van der Waals surface area contributed by atoms with E-state index in [1.165, 1.54) is 5.01 Å². The molecule has 2 atom stereocenters. The SMILES string of the molecule is O=C(O)C(F)(F)F.c1ccc(OCC23CCCOC2CCN(Cc2nccs2)C3)nc1. The molecule has 0 aliphatic carbocycles. The predicted molar refractivity (Wildman–Crippen MR) is 107 cm³/mol. The maximum absolute atomic E-state index is 10.6. The first kappa shape index (κ1) is 23.4. The Bertz CT molecular complexity index is 823. The number of piperidine rings is 1. The molecule has 7 nitrogen and oxygen atoms in total. The third kappa shape index (κ3) is 6.62. The highest BCUT2D eigenvalue weighted by molar-refractivity contribution is 7.09. The molecule has 2 aliphatic rings. The van der Waals surface area contributed by atoms with Crippen molar-refractivity contribution in [3.63, 3.8) is 0 Å². The summed E-state index contributed by atoms with van der Waals surface area (Å²) < 4.78 is 43.9. The number of aromatic nitrogens is 2. The molecule has 2 saturated heterocycles. The van der Waals surface area contributed by atoms with E-state index >= 15 is 0 Å². The van der Waals surface area contributed by atoms with Crippen molar-refractivity contribution in [3.8, 4) is 5.88 Å². The summed E-state index contributed by atoms with van der Waals surface area (Å²) in [7, 11) is 0. The maximum Gasteiger partial charge on any atom is 0.490 e. The summed E-state index contributed by atoms with van der Waals surface area (Å²) in [4.78, 5) is 20.1. The number of carboxylic acids is 1. The third-order valence-electron chi connectivity index (χ3n) is 5.30. The molecule has 0 aromatic carbocycles. The molecular weight excluding hydrogens is 435 g/mol. The number of rotatable bonds is 5. The fourth-order valence-electron chi connectivity index (χ4n) is 3.90. The number of halogens is 3. The first-order valence-corrected chi connectivity index (χ1v) is 10.7. The Labute approximate surface area is 181 Å². The van der Waals surface area contributed by atoms with Crippen LogP contribution in [-0.4, -0.2) is 64.5 Å². The molecule has 31 heavy (non-hydrogen) atoms. The number of nitrogens with zero attached hydrogens (tertiary/aromatic N) is 3. The lowest BCUT2D eigenvalue weighted by Crippen LogP contribution is -2.57. The molecule has 170 valence electrons. The van der Waals surface area contributed by atoms with Gasteiger partial charge in [0.15, 0.2) is 0 Å². The van der Waals surface area contributed by atoms with Crippen LogP contribution in [0.5, 0.6) is 5.88 Å². The molecule has 0 saturated carbocycles. The molecule has 2 aliphatic heterocycles. The largest absolute Gasteiger partial charge is 0.490 e. The number of thiazole rings is 1. The van der Waals surface area contributed by atoms with Gasteiger partial charge >= 0.3 is 12.1 Å². The highest BCUT2D eigenvalue weighted by Crippen LogP contribution is 2.41. The van der Waals surface area contributed by atoms with E-state index in [4.69, 9.17) is 19.4 Å². The first-order chi connectivity index (χ1) is 14.8. The minimum Gasteiger partial charge on any atom is -0.477 e. The summed E-state index contributed by atoms with van der Waals surface area (Å²) in [5, 5.41) is 10.4. The van der Waals surface area contributed by atoms with Gasteiger partial charge in [-0.3, -0.25) is 4.90 Å². The highest BCUT2D eigenvalue weighted by atomic mass is 32.1. The number of pyridine rings is 1. The zero-order valence-electron chi connectivity index (χ0n) is 16.8. The van der Waals surface area contributed by atoms with Crippen LogP contribution in [0.2, 0.25) is 0 Å². The second kappa shape index (κ2) is 10.4. The van der Waals surface area contributed by atoms with Crippen molar-refractivity contribution in [2.75, 3.05) is 26.3 Å². The first-order valence-electron chi connectivity index (χ1n) is 9.85. The molecule has 0 spiro atoms. The van der Waals surface area contributed by atoms with Crippen LogP contribution in [0, 0.1) is 5.41 Å². The van der Waals surface area contributed by atoms with Gasteiger partial charge in [0.25, 0.3) is 0 Å². The van der Waals surface area contributed by atoms with Crippen molar-refractivity contribution in [1.29, 1.82) is 0 Å². The zero-order chi connectivity index (χ0) is 22.3. The highest BCUT2D eigenvalue weighted by Gasteiger charge is 2.46. The van der Waals surface area contributed by atoms with Gasteiger partial charge in [-0.15, -0.1) is 11.3 Å². The predicted octanol–water partition coefficient (Wildman–Crippen LogP) is 3.62. The number of ether oxygens (including phenoxy) is 2. The summed E-state index contributed by atoms with van der Waals surface area (Å²) in [6.07, 6.45) is 2.19. The Kier molecular flexibility index (Phi) is 7.84. The molecule has 4 rings (SSSR count). The normalized spacial score (nSPS) is 23.9. The van der Waals surface area contributed by atoms with Crippen LogP contribution in [0.4, 0.5) is 13.2 Å². The van der Waals surface area contributed by atoms with Crippen LogP contribution < -0.4 is 4.74 Å². The lowest BCUT2D eigenvalue weighted by Gasteiger charge is -2.50. The van der Waals surface area contributed by atoms with E-state index in [9.17, 15) is 13.2 Å². The number of carbonyl (C=O) groups is 1. The van der Waals surface area contributed by atoms with E-state index in [2.05, 4.69) is 14.9 Å². The van der Waals surface area contributed by atoms with E-state index in [1.54, 1.807) is 17.5 Å². The van der Waals surface area contributed by atoms with Gasteiger partial charge in [0.2, 0.25) is 5.88 Å². The van der Waals surface area contributed by atoms with Gasteiger partial charge in [0.1, 0.15) is 5.01 Å². The smallest absolute Gasteiger partial charge is 0.477 e. The van der Waals surface area contributed by atoms with Gasteiger partial charge in [-0.25, -0.2) is 14.8 Å². The minimum absolute atomic E-state index is 0.0608. The van der Waals surface area contributed by atoms with Crippen LogP contribution >= 0.6 is 11.3 Å². The second-order valence-electron chi connectivity index (χ2n) is 7.51. The van der Waals surface area contributed by atoms with Gasteiger partial charge in [-0.2, -0.15) is 13.2 Å². The van der Waals surface area contributed by atoms with Crippen molar-refractivity contribution < 1.29 is 32.5 Å². The van der Waals surface area contributed by atoms with Crippen LogP contribution in [-0.2, 0) is 16.1 Å². The fraction of sp³-hybridized carbons (Fsp3) is 0.550. The summed E-state index contributed by atoms with van der Waals surface area (Å²) in [5.74, 6) is -2.05. The Balaban J connectivity index is 0.000000339. The average molecular weight is 459 g/mol.